The fraction of sp³-hybridized carbons (Fsp3) is 0.700. The standard InChI is InChI=1S/C20H29Cl/c1-11-12(2)14(4)20(15(5)13(11)3)19(21)10-18-9-16-6-7-17(18)8-16/h16-19H,6-10H2,1-5H3. The second kappa shape index (κ2) is 5.61. The Hall–Kier alpha value is -0.490. The van der Waals surface area contributed by atoms with E-state index in [1.807, 2.05) is 0 Å². The lowest BCUT2D eigenvalue weighted by molar-refractivity contribution is 0.311. The van der Waals surface area contributed by atoms with Gasteiger partial charge in [-0.25, -0.2) is 0 Å². The lowest BCUT2D eigenvalue weighted by Gasteiger charge is -2.27. The smallest absolute Gasteiger partial charge is 0.0593 e. The largest absolute Gasteiger partial charge is 0.118 e. The van der Waals surface area contributed by atoms with Crippen molar-refractivity contribution in [3.05, 3.63) is 33.4 Å². The second-order valence-electron chi connectivity index (χ2n) is 7.68. The monoisotopic (exact) mass is 304 g/mol. The van der Waals surface area contributed by atoms with Gasteiger partial charge in [0.15, 0.2) is 0 Å². The first-order valence-electron chi connectivity index (χ1n) is 8.61. The quantitative estimate of drug-likeness (QED) is 0.572. The Labute approximate surface area is 135 Å². The van der Waals surface area contributed by atoms with Crippen molar-refractivity contribution in [2.45, 2.75) is 72.1 Å². The van der Waals surface area contributed by atoms with E-state index < -0.39 is 0 Å². The average molecular weight is 305 g/mol. The van der Waals surface area contributed by atoms with Crippen molar-refractivity contribution in [3.8, 4) is 0 Å². The number of hydrogen-bond donors (Lipinski definition) is 0. The van der Waals surface area contributed by atoms with Crippen molar-refractivity contribution in [1.82, 2.24) is 0 Å². The molecule has 0 N–H and O–H groups in total. The van der Waals surface area contributed by atoms with Gasteiger partial charge in [0.2, 0.25) is 0 Å². The Morgan fingerprint density at radius 2 is 1.43 bits per heavy atom. The topological polar surface area (TPSA) is 0 Å². The van der Waals surface area contributed by atoms with E-state index in [0.29, 0.717) is 0 Å². The molecule has 0 aromatic heterocycles. The highest BCUT2D eigenvalue weighted by molar-refractivity contribution is 6.21. The Morgan fingerprint density at radius 1 is 0.857 bits per heavy atom. The maximum atomic E-state index is 6.93. The zero-order valence-corrected chi connectivity index (χ0v) is 15.0. The third-order valence-corrected chi connectivity index (χ3v) is 7.16. The van der Waals surface area contributed by atoms with Gasteiger partial charge in [-0.1, -0.05) is 6.42 Å². The van der Waals surface area contributed by atoms with E-state index in [0.717, 1.165) is 17.8 Å². The van der Waals surface area contributed by atoms with Crippen LogP contribution in [0.2, 0.25) is 0 Å². The normalized spacial score (nSPS) is 29.1. The van der Waals surface area contributed by atoms with E-state index in [2.05, 4.69) is 34.6 Å². The van der Waals surface area contributed by atoms with Crippen LogP contribution in [0.25, 0.3) is 0 Å². The van der Waals surface area contributed by atoms with E-state index >= 15 is 0 Å². The maximum Gasteiger partial charge on any atom is 0.0593 e. The Balaban J connectivity index is 1.86. The van der Waals surface area contributed by atoms with Crippen molar-refractivity contribution in [3.63, 3.8) is 0 Å². The highest BCUT2D eigenvalue weighted by Gasteiger charge is 2.40. The molecule has 21 heavy (non-hydrogen) atoms. The summed E-state index contributed by atoms with van der Waals surface area (Å²) in [5, 5.41) is 0.201. The minimum Gasteiger partial charge on any atom is -0.118 e. The van der Waals surface area contributed by atoms with Gasteiger partial charge < -0.3 is 0 Å². The molecule has 4 unspecified atom stereocenters. The molecule has 1 aromatic rings. The zero-order chi connectivity index (χ0) is 15.3. The molecule has 0 nitrogen and oxygen atoms in total. The molecular weight excluding hydrogens is 276 g/mol. The number of halogens is 1. The van der Waals surface area contributed by atoms with Gasteiger partial charge in [0.1, 0.15) is 0 Å². The van der Waals surface area contributed by atoms with Crippen LogP contribution in [0.5, 0.6) is 0 Å². The highest BCUT2D eigenvalue weighted by atomic mass is 35.5. The fourth-order valence-electron chi connectivity index (χ4n) is 5.05. The third-order valence-electron chi connectivity index (χ3n) is 6.77. The molecule has 0 amide bonds. The summed E-state index contributed by atoms with van der Waals surface area (Å²) in [7, 11) is 0. The van der Waals surface area contributed by atoms with Crippen molar-refractivity contribution in [1.29, 1.82) is 0 Å². The summed E-state index contributed by atoms with van der Waals surface area (Å²) in [5.74, 6) is 2.88. The van der Waals surface area contributed by atoms with E-state index in [9.17, 15) is 0 Å². The van der Waals surface area contributed by atoms with Gasteiger partial charge in [0.05, 0.1) is 5.38 Å². The molecule has 0 spiro atoms. The Bertz CT molecular complexity index is 528. The molecule has 2 saturated carbocycles. The SMILES string of the molecule is Cc1c(C)c(C)c(C(Cl)CC2CC3CCC2C3)c(C)c1C. The number of fused-ring (bicyclic) bond motifs is 2. The summed E-state index contributed by atoms with van der Waals surface area (Å²) < 4.78 is 0. The molecule has 0 saturated heterocycles. The summed E-state index contributed by atoms with van der Waals surface area (Å²) in [6, 6.07) is 0. The second-order valence-corrected chi connectivity index (χ2v) is 8.20. The summed E-state index contributed by atoms with van der Waals surface area (Å²) >= 11 is 6.93. The predicted octanol–water partition coefficient (Wildman–Crippen LogP) is 6.33. The molecule has 2 aliphatic rings. The summed E-state index contributed by atoms with van der Waals surface area (Å²) in [5.41, 5.74) is 8.61. The Morgan fingerprint density at radius 3 is 1.90 bits per heavy atom. The van der Waals surface area contributed by atoms with E-state index in [-0.39, 0.29) is 5.38 Å². The van der Waals surface area contributed by atoms with Crippen LogP contribution in [-0.2, 0) is 0 Å². The number of alkyl halides is 1. The predicted molar refractivity (Wildman–Crippen MR) is 92.3 cm³/mol. The lowest BCUT2D eigenvalue weighted by atomic mass is 9.81. The third kappa shape index (κ3) is 2.54. The molecule has 1 heteroatoms. The summed E-state index contributed by atoms with van der Waals surface area (Å²) in [6.45, 7) is 11.3. The zero-order valence-electron chi connectivity index (χ0n) is 14.2. The first-order chi connectivity index (χ1) is 9.90. The molecular formula is C20H29Cl. The summed E-state index contributed by atoms with van der Waals surface area (Å²) in [6.07, 6.45) is 7.05. The average Bonchev–Trinajstić information content (AvgIpc) is 3.05. The first-order valence-corrected chi connectivity index (χ1v) is 9.04. The van der Waals surface area contributed by atoms with Crippen molar-refractivity contribution in [2.24, 2.45) is 17.8 Å². The molecule has 116 valence electrons. The lowest BCUT2D eigenvalue weighted by Crippen LogP contribution is -2.14. The number of benzene rings is 1. The van der Waals surface area contributed by atoms with Gasteiger partial charge >= 0.3 is 0 Å². The van der Waals surface area contributed by atoms with Crippen molar-refractivity contribution in [2.75, 3.05) is 0 Å². The van der Waals surface area contributed by atoms with Gasteiger partial charge in [-0.15, -0.1) is 11.6 Å². The highest BCUT2D eigenvalue weighted by Crippen LogP contribution is 2.52. The van der Waals surface area contributed by atoms with Crippen molar-refractivity contribution < 1.29 is 0 Å². The van der Waals surface area contributed by atoms with Crippen molar-refractivity contribution >= 4 is 11.6 Å². The fourth-order valence-corrected chi connectivity index (χ4v) is 5.60. The summed E-state index contributed by atoms with van der Waals surface area (Å²) in [4.78, 5) is 0. The van der Waals surface area contributed by atoms with E-state index in [1.54, 1.807) is 0 Å². The molecule has 0 heterocycles. The van der Waals surface area contributed by atoms with Gasteiger partial charge in [-0.2, -0.15) is 0 Å². The maximum absolute atomic E-state index is 6.93. The van der Waals surface area contributed by atoms with Crippen LogP contribution in [0, 0.1) is 52.4 Å². The molecule has 0 aliphatic heterocycles. The molecule has 3 rings (SSSR count). The van der Waals surface area contributed by atoms with Crippen LogP contribution in [0.3, 0.4) is 0 Å². The van der Waals surface area contributed by atoms with Gasteiger partial charge in [-0.05, 0) is 111 Å². The van der Waals surface area contributed by atoms with Crippen LogP contribution >= 0.6 is 11.6 Å². The number of rotatable bonds is 3. The van der Waals surface area contributed by atoms with Crippen LogP contribution in [-0.4, -0.2) is 0 Å². The molecule has 0 radical (unpaired) electrons. The van der Waals surface area contributed by atoms with Gasteiger partial charge in [0.25, 0.3) is 0 Å². The minimum atomic E-state index is 0.201. The van der Waals surface area contributed by atoms with Gasteiger partial charge in [0, 0.05) is 0 Å². The van der Waals surface area contributed by atoms with E-state index in [1.165, 1.54) is 65.5 Å². The molecule has 2 aliphatic carbocycles. The molecule has 1 aromatic carbocycles. The van der Waals surface area contributed by atoms with Crippen LogP contribution in [0.15, 0.2) is 0 Å². The number of hydrogen-bond acceptors (Lipinski definition) is 0. The van der Waals surface area contributed by atoms with Crippen LogP contribution in [0.1, 0.15) is 70.9 Å². The first kappa shape index (κ1) is 15.4. The van der Waals surface area contributed by atoms with E-state index in [4.69, 9.17) is 11.6 Å². The van der Waals surface area contributed by atoms with Crippen LogP contribution in [0.4, 0.5) is 0 Å². The molecule has 2 fully saturated rings. The van der Waals surface area contributed by atoms with Gasteiger partial charge in [-0.3, -0.25) is 0 Å². The van der Waals surface area contributed by atoms with Crippen LogP contribution < -0.4 is 0 Å². The minimum absolute atomic E-state index is 0.201. The Kier molecular flexibility index (Phi) is 4.12. The molecule has 4 atom stereocenters. The molecule has 2 bridgehead atoms.